The van der Waals surface area contributed by atoms with Gasteiger partial charge in [-0.25, -0.2) is 0 Å². The van der Waals surface area contributed by atoms with Gasteiger partial charge in [0.1, 0.15) is 5.78 Å². The number of halogens is 2. The van der Waals surface area contributed by atoms with Crippen LogP contribution >= 0.6 is 31.9 Å². The van der Waals surface area contributed by atoms with Crippen molar-refractivity contribution in [2.24, 2.45) is 5.92 Å². The van der Waals surface area contributed by atoms with Crippen molar-refractivity contribution in [1.82, 2.24) is 4.98 Å². The van der Waals surface area contributed by atoms with E-state index in [0.29, 0.717) is 5.92 Å². The highest BCUT2D eigenvalue weighted by Crippen LogP contribution is 2.49. The number of nitrogens with zero attached hydrogens (tertiary/aromatic N) is 1. The average Bonchev–Trinajstić information content (AvgIpc) is 2.83. The normalized spacial score (nSPS) is 24.8. The molecule has 0 N–H and O–H groups in total. The third-order valence-electron chi connectivity index (χ3n) is 2.50. The Kier molecular flexibility index (Phi) is 2.75. The van der Waals surface area contributed by atoms with E-state index in [-0.39, 0.29) is 11.7 Å². The summed E-state index contributed by atoms with van der Waals surface area (Å²) in [5.74, 6) is 0.793. The lowest BCUT2D eigenvalue weighted by Crippen LogP contribution is -1.97. The summed E-state index contributed by atoms with van der Waals surface area (Å²) in [5, 5.41) is 0. The first-order chi connectivity index (χ1) is 6.59. The number of ketones is 1. The van der Waals surface area contributed by atoms with Crippen LogP contribution in [0.1, 0.15) is 25.0 Å². The Balaban J connectivity index is 2.23. The van der Waals surface area contributed by atoms with Gasteiger partial charge in [-0.15, -0.1) is 0 Å². The maximum absolute atomic E-state index is 11.1. The van der Waals surface area contributed by atoms with E-state index in [9.17, 15) is 4.79 Å². The van der Waals surface area contributed by atoms with Gasteiger partial charge in [0.25, 0.3) is 0 Å². The summed E-state index contributed by atoms with van der Waals surface area (Å²) in [6, 6.07) is 1.97. The number of aromatic nitrogens is 1. The third-order valence-corrected chi connectivity index (χ3v) is 3.57. The average molecular weight is 319 g/mol. The molecule has 1 heterocycles. The van der Waals surface area contributed by atoms with E-state index in [1.807, 2.05) is 6.07 Å². The molecule has 1 aliphatic carbocycles. The van der Waals surface area contributed by atoms with E-state index < -0.39 is 0 Å². The van der Waals surface area contributed by atoms with Gasteiger partial charge >= 0.3 is 0 Å². The molecule has 0 amide bonds. The predicted octanol–water partition coefficient (Wildman–Crippen LogP) is 3.30. The van der Waals surface area contributed by atoms with Crippen molar-refractivity contribution in [3.05, 3.63) is 26.9 Å². The van der Waals surface area contributed by atoms with Gasteiger partial charge in [-0.2, -0.15) is 0 Å². The number of carbonyl (C=O) groups is 1. The second-order valence-corrected chi connectivity index (χ2v) is 5.35. The van der Waals surface area contributed by atoms with Gasteiger partial charge in [0.05, 0.1) is 5.69 Å². The lowest BCUT2D eigenvalue weighted by molar-refractivity contribution is -0.118. The molecule has 2 unspecified atom stereocenters. The zero-order valence-corrected chi connectivity index (χ0v) is 10.8. The van der Waals surface area contributed by atoms with Crippen molar-refractivity contribution >= 4 is 37.6 Å². The monoisotopic (exact) mass is 317 g/mol. The Labute approximate surface area is 99.4 Å². The molecule has 2 nitrogen and oxygen atoms in total. The van der Waals surface area contributed by atoms with E-state index >= 15 is 0 Å². The van der Waals surface area contributed by atoms with E-state index in [2.05, 4.69) is 36.8 Å². The maximum Gasteiger partial charge on any atom is 0.133 e. The van der Waals surface area contributed by atoms with Gasteiger partial charge in [-0.3, -0.25) is 9.78 Å². The smallest absolute Gasteiger partial charge is 0.133 e. The minimum Gasteiger partial charge on any atom is -0.300 e. The molecule has 0 aliphatic heterocycles. The van der Waals surface area contributed by atoms with Gasteiger partial charge in [-0.05, 0) is 51.3 Å². The summed E-state index contributed by atoms with van der Waals surface area (Å²) in [4.78, 5) is 15.4. The predicted molar refractivity (Wildman–Crippen MR) is 61.2 cm³/mol. The van der Waals surface area contributed by atoms with Gasteiger partial charge < -0.3 is 0 Å². The topological polar surface area (TPSA) is 30.0 Å². The highest BCUT2D eigenvalue weighted by molar-refractivity contribution is 9.11. The van der Waals surface area contributed by atoms with E-state index in [4.69, 9.17) is 0 Å². The number of Topliss-reactive ketones (excluding diaryl/α,β-unsaturated/α-hetero) is 1. The SMILES string of the molecule is CC(=O)C1CC1c1ncc(Br)cc1Br. The molecule has 0 spiro atoms. The summed E-state index contributed by atoms with van der Waals surface area (Å²) >= 11 is 6.81. The highest BCUT2D eigenvalue weighted by atomic mass is 79.9. The van der Waals surface area contributed by atoms with Gasteiger partial charge in [0.2, 0.25) is 0 Å². The van der Waals surface area contributed by atoms with Crippen LogP contribution in [0.5, 0.6) is 0 Å². The van der Waals surface area contributed by atoms with Crippen molar-refractivity contribution in [2.45, 2.75) is 19.3 Å². The zero-order valence-electron chi connectivity index (χ0n) is 7.63. The molecule has 4 heteroatoms. The Bertz CT molecular complexity index is 392. The van der Waals surface area contributed by atoms with Crippen LogP contribution in [0.4, 0.5) is 0 Å². The Hall–Kier alpha value is -0.220. The fourth-order valence-electron chi connectivity index (χ4n) is 1.64. The molecular formula is C10H9Br2NO. The summed E-state index contributed by atoms with van der Waals surface area (Å²) in [5.41, 5.74) is 1.01. The van der Waals surface area contributed by atoms with Crippen LogP contribution in [0.2, 0.25) is 0 Å². The first-order valence-electron chi connectivity index (χ1n) is 4.41. The van der Waals surface area contributed by atoms with Gasteiger partial charge in [0, 0.05) is 27.0 Å². The first kappa shape index (κ1) is 10.3. The molecular weight excluding hydrogens is 310 g/mol. The fraction of sp³-hybridized carbons (Fsp3) is 0.400. The zero-order chi connectivity index (χ0) is 10.3. The van der Waals surface area contributed by atoms with Crippen molar-refractivity contribution in [2.75, 3.05) is 0 Å². The molecule has 2 rings (SSSR count). The summed E-state index contributed by atoms with van der Waals surface area (Å²) < 4.78 is 1.94. The van der Waals surface area contributed by atoms with E-state index in [0.717, 1.165) is 21.1 Å². The molecule has 1 saturated carbocycles. The number of carbonyl (C=O) groups excluding carboxylic acids is 1. The molecule has 0 saturated heterocycles. The van der Waals surface area contributed by atoms with E-state index in [1.54, 1.807) is 13.1 Å². The molecule has 1 aliphatic rings. The largest absolute Gasteiger partial charge is 0.300 e. The quantitative estimate of drug-likeness (QED) is 0.837. The molecule has 0 bridgehead atoms. The van der Waals surface area contributed by atoms with E-state index in [1.165, 1.54) is 0 Å². The number of hydrogen-bond donors (Lipinski definition) is 0. The number of rotatable bonds is 2. The Morgan fingerprint density at radius 3 is 2.79 bits per heavy atom. The minimum absolute atomic E-state index is 0.194. The summed E-state index contributed by atoms with van der Waals surface area (Å²) in [6.07, 6.45) is 2.72. The van der Waals surface area contributed by atoms with Crippen molar-refractivity contribution < 1.29 is 4.79 Å². The Morgan fingerprint density at radius 1 is 1.57 bits per heavy atom. The molecule has 74 valence electrons. The molecule has 1 aromatic heterocycles. The van der Waals surface area contributed by atoms with Gasteiger partial charge in [-0.1, -0.05) is 0 Å². The highest BCUT2D eigenvalue weighted by Gasteiger charge is 2.43. The standard InChI is InChI=1S/C10H9Br2NO/c1-5(14)7-3-8(7)10-9(12)2-6(11)4-13-10/h2,4,7-8H,3H2,1H3. The number of hydrogen-bond acceptors (Lipinski definition) is 2. The fourth-order valence-corrected chi connectivity index (χ4v) is 2.93. The third kappa shape index (κ3) is 1.91. The van der Waals surface area contributed by atoms with Crippen LogP contribution < -0.4 is 0 Å². The Morgan fingerprint density at radius 2 is 2.29 bits per heavy atom. The van der Waals surface area contributed by atoms with Gasteiger partial charge in [0.15, 0.2) is 0 Å². The van der Waals surface area contributed by atoms with Crippen LogP contribution in [0.25, 0.3) is 0 Å². The van der Waals surface area contributed by atoms with Crippen LogP contribution in [0.15, 0.2) is 21.2 Å². The van der Waals surface area contributed by atoms with Crippen LogP contribution in [-0.2, 0) is 4.79 Å². The second-order valence-electron chi connectivity index (χ2n) is 3.58. The second kappa shape index (κ2) is 3.74. The molecule has 14 heavy (non-hydrogen) atoms. The lowest BCUT2D eigenvalue weighted by Gasteiger charge is -2.01. The first-order valence-corrected chi connectivity index (χ1v) is 5.99. The van der Waals surface area contributed by atoms with Crippen molar-refractivity contribution in [3.8, 4) is 0 Å². The lowest BCUT2D eigenvalue weighted by atomic mass is 10.2. The summed E-state index contributed by atoms with van der Waals surface area (Å²) in [6.45, 7) is 1.65. The molecule has 0 radical (unpaired) electrons. The summed E-state index contributed by atoms with van der Waals surface area (Å²) in [7, 11) is 0. The molecule has 1 aromatic rings. The minimum atomic E-state index is 0.194. The molecule has 1 fully saturated rings. The molecule has 2 atom stereocenters. The van der Waals surface area contributed by atoms with Crippen molar-refractivity contribution in [3.63, 3.8) is 0 Å². The van der Waals surface area contributed by atoms with Crippen molar-refractivity contribution in [1.29, 1.82) is 0 Å². The maximum atomic E-state index is 11.1. The van der Waals surface area contributed by atoms with Crippen LogP contribution in [-0.4, -0.2) is 10.8 Å². The number of pyridine rings is 1. The van der Waals surface area contributed by atoms with Crippen LogP contribution in [0, 0.1) is 5.92 Å². The molecule has 0 aromatic carbocycles. The van der Waals surface area contributed by atoms with Crippen LogP contribution in [0.3, 0.4) is 0 Å².